The summed E-state index contributed by atoms with van der Waals surface area (Å²) in [5.41, 5.74) is 0. The van der Waals surface area contributed by atoms with Gasteiger partial charge in [0.1, 0.15) is 0 Å². The van der Waals surface area contributed by atoms with Crippen molar-refractivity contribution in [2.75, 3.05) is 33.4 Å². The summed E-state index contributed by atoms with van der Waals surface area (Å²) in [5.74, 6) is 1.43. The second-order valence-corrected chi connectivity index (χ2v) is 6.04. The van der Waals surface area contributed by atoms with E-state index in [4.69, 9.17) is 4.74 Å². The SMILES string of the molecule is COCC(C(C)C)N1CCNC(CC(C)C)C1. The average molecular weight is 242 g/mol. The topological polar surface area (TPSA) is 24.5 Å². The smallest absolute Gasteiger partial charge is 0.0620 e. The van der Waals surface area contributed by atoms with Crippen molar-refractivity contribution in [2.24, 2.45) is 11.8 Å². The molecule has 0 amide bonds. The standard InChI is InChI=1S/C14H30N2O/c1-11(2)8-13-9-16(7-6-15-13)14(10-17-5)12(3)4/h11-15H,6-10H2,1-5H3. The summed E-state index contributed by atoms with van der Waals surface area (Å²) in [5, 5.41) is 3.63. The van der Waals surface area contributed by atoms with E-state index in [2.05, 4.69) is 37.9 Å². The van der Waals surface area contributed by atoms with Gasteiger partial charge in [0.25, 0.3) is 0 Å². The molecule has 0 aromatic heterocycles. The number of piperazine rings is 1. The fraction of sp³-hybridized carbons (Fsp3) is 1.00. The zero-order valence-corrected chi connectivity index (χ0v) is 12.2. The van der Waals surface area contributed by atoms with Crippen LogP contribution in [0.4, 0.5) is 0 Å². The Hall–Kier alpha value is -0.120. The van der Waals surface area contributed by atoms with Crippen molar-refractivity contribution in [3.05, 3.63) is 0 Å². The molecule has 1 rings (SSSR count). The minimum absolute atomic E-state index is 0.566. The van der Waals surface area contributed by atoms with E-state index in [9.17, 15) is 0 Å². The third-order valence-corrected chi connectivity index (χ3v) is 3.62. The van der Waals surface area contributed by atoms with Crippen molar-refractivity contribution in [3.63, 3.8) is 0 Å². The molecule has 102 valence electrons. The average Bonchev–Trinajstić information content (AvgIpc) is 2.24. The van der Waals surface area contributed by atoms with Gasteiger partial charge in [0, 0.05) is 38.8 Å². The number of hydrogen-bond donors (Lipinski definition) is 1. The highest BCUT2D eigenvalue weighted by atomic mass is 16.5. The van der Waals surface area contributed by atoms with Crippen LogP contribution in [0.1, 0.15) is 34.1 Å². The van der Waals surface area contributed by atoms with Crippen molar-refractivity contribution in [1.29, 1.82) is 0 Å². The summed E-state index contributed by atoms with van der Waals surface area (Å²) in [6, 6.07) is 1.22. The first kappa shape index (κ1) is 14.9. The molecule has 0 aromatic rings. The Kier molecular flexibility index (Phi) is 6.45. The normalized spacial score (nSPS) is 24.5. The maximum absolute atomic E-state index is 5.37. The molecule has 0 radical (unpaired) electrons. The number of hydrogen-bond acceptors (Lipinski definition) is 3. The summed E-state index contributed by atoms with van der Waals surface area (Å²) < 4.78 is 5.37. The molecule has 1 aliphatic rings. The molecule has 3 heteroatoms. The highest BCUT2D eigenvalue weighted by Crippen LogP contribution is 2.16. The van der Waals surface area contributed by atoms with Crippen molar-refractivity contribution in [3.8, 4) is 0 Å². The molecular weight excluding hydrogens is 212 g/mol. The molecule has 1 aliphatic heterocycles. The maximum Gasteiger partial charge on any atom is 0.0620 e. The van der Waals surface area contributed by atoms with Crippen LogP contribution < -0.4 is 5.32 Å². The second-order valence-electron chi connectivity index (χ2n) is 6.04. The molecular formula is C14H30N2O. The Balaban J connectivity index is 2.51. The van der Waals surface area contributed by atoms with Crippen LogP contribution in [-0.2, 0) is 4.74 Å². The lowest BCUT2D eigenvalue weighted by molar-refractivity contribution is 0.0434. The fourth-order valence-electron chi connectivity index (χ4n) is 2.77. The van der Waals surface area contributed by atoms with Crippen LogP contribution in [0.5, 0.6) is 0 Å². The van der Waals surface area contributed by atoms with Crippen LogP contribution >= 0.6 is 0 Å². The fourth-order valence-corrected chi connectivity index (χ4v) is 2.77. The van der Waals surface area contributed by atoms with Crippen LogP contribution in [0.25, 0.3) is 0 Å². The van der Waals surface area contributed by atoms with Gasteiger partial charge in [-0.2, -0.15) is 0 Å². The van der Waals surface area contributed by atoms with E-state index >= 15 is 0 Å². The molecule has 0 aliphatic carbocycles. The molecule has 1 fully saturated rings. The Morgan fingerprint density at radius 1 is 1.29 bits per heavy atom. The van der Waals surface area contributed by atoms with E-state index in [0.717, 1.165) is 25.6 Å². The molecule has 0 bridgehead atoms. The van der Waals surface area contributed by atoms with Gasteiger partial charge in [0.2, 0.25) is 0 Å². The largest absolute Gasteiger partial charge is 0.383 e. The Morgan fingerprint density at radius 2 is 2.00 bits per heavy atom. The van der Waals surface area contributed by atoms with E-state index in [1.165, 1.54) is 13.0 Å². The Morgan fingerprint density at radius 3 is 2.53 bits per heavy atom. The summed E-state index contributed by atoms with van der Waals surface area (Å²) in [4.78, 5) is 2.61. The first-order chi connectivity index (χ1) is 8.04. The van der Waals surface area contributed by atoms with Crippen LogP contribution in [0.15, 0.2) is 0 Å². The van der Waals surface area contributed by atoms with Crippen molar-refractivity contribution >= 4 is 0 Å². The van der Waals surface area contributed by atoms with Gasteiger partial charge >= 0.3 is 0 Å². The lowest BCUT2D eigenvalue weighted by Gasteiger charge is -2.40. The number of nitrogens with zero attached hydrogens (tertiary/aromatic N) is 1. The molecule has 0 aromatic carbocycles. The van der Waals surface area contributed by atoms with Crippen LogP contribution in [0, 0.1) is 11.8 Å². The second kappa shape index (κ2) is 7.34. The molecule has 3 nitrogen and oxygen atoms in total. The van der Waals surface area contributed by atoms with Gasteiger partial charge in [-0.1, -0.05) is 27.7 Å². The number of ether oxygens (including phenoxy) is 1. The van der Waals surface area contributed by atoms with E-state index in [1.54, 1.807) is 0 Å². The van der Waals surface area contributed by atoms with Crippen LogP contribution in [0.2, 0.25) is 0 Å². The van der Waals surface area contributed by atoms with Crippen molar-refractivity contribution in [2.45, 2.75) is 46.2 Å². The third kappa shape index (κ3) is 4.94. The van der Waals surface area contributed by atoms with Gasteiger partial charge in [0.15, 0.2) is 0 Å². The Bertz CT molecular complexity index is 206. The summed E-state index contributed by atoms with van der Waals surface area (Å²) in [6.45, 7) is 13.5. The van der Waals surface area contributed by atoms with E-state index < -0.39 is 0 Å². The van der Waals surface area contributed by atoms with Gasteiger partial charge in [-0.15, -0.1) is 0 Å². The van der Waals surface area contributed by atoms with Gasteiger partial charge in [-0.3, -0.25) is 4.90 Å². The molecule has 1 saturated heterocycles. The summed E-state index contributed by atoms with van der Waals surface area (Å²) in [7, 11) is 1.81. The third-order valence-electron chi connectivity index (χ3n) is 3.62. The van der Waals surface area contributed by atoms with E-state index in [0.29, 0.717) is 18.0 Å². The van der Waals surface area contributed by atoms with Gasteiger partial charge in [-0.05, 0) is 18.3 Å². The molecule has 0 spiro atoms. The van der Waals surface area contributed by atoms with Gasteiger partial charge < -0.3 is 10.1 Å². The van der Waals surface area contributed by atoms with E-state index in [-0.39, 0.29) is 0 Å². The number of rotatable bonds is 6. The van der Waals surface area contributed by atoms with Gasteiger partial charge in [0.05, 0.1) is 6.61 Å². The lowest BCUT2D eigenvalue weighted by atomic mass is 9.98. The highest BCUT2D eigenvalue weighted by Gasteiger charge is 2.27. The minimum Gasteiger partial charge on any atom is -0.383 e. The molecule has 2 atom stereocenters. The van der Waals surface area contributed by atoms with Crippen molar-refractivity contribution < 1.29 is 4.74 Å². The van der Waals surface area contributed by atoms with Crippen LogP contribution in [0.3, 0.4) is 0 Å². The highest BCUT2D eigenvalue weighted by molar-refractivity contribution is 4.84. The van der Waals surface area contributed by atoms with Crippen molar-refractivity contribution in [1.82, 2.24) is 10.2 Å². The maximum atomic E-state index is 5.37. The molecule has 1 heterocycles. The Labute approximate surface area is 107 Å². The van der Waals surface area contributed by atoms with Crippen LogP contribution in [-0.4, -0.2) is 50.3 Å². The first-order valence-electron chi connectivity index (χ1n) is 7.01. The summed E-state index contributed by atoms with van der Waals surface area (Å²) >= 11 is 0. The molecule has 17 heavy (non-hydrogen) atoms. The molecule has 1 N–H and O–H groups in total. The quantitative estimate of drug-likeness (QED) is 0.771. The first-order valence-corrected chi connectivity index (χ1v) is 7.01. The zero-order chi connectivity index (χ0) is 12.8. The predicted octanol–water partition coefficient (Wildman–Crippen LogP) is 1.98. The monoisotopic (exact) mass is 242 g/mol. The van der Waals surface area contributed by atoms with E-state index in [1.807, 2.05) is 7.11 Å². The molecule has 0 saturated carbocycles. The predicted molar refractivity (Wildman–Crippen MR) is 73.3 cm³/mol. The van der Waals surface area contributed by atoms with Gasteiger partial charge in [-0.25, -0.2) is 0 Å². The molecule has 2 unspecified atom stereocenters. The number of nitrogens with one attached hydrogen (secondary N) is 1. The number of methoxy groups -OCH3 is 1. The minimum atomic E-state index is 0.566. The lowest BCUT2D eigenvalue weighted by Crippen LogP contribution is -2.56. The summed E-state index contributed by atoms with van der Waals surface area (Å²) in [6.07, 6.45) is 1.27. The zero-order valence-electron chi connectivity index (χ0n) is 12.2.